The monoisotopic (exact) mass is 247 g/mol. The lowest BCUT2D eigenvalue weighted by atomic mass is 9.59. The Hall–Kier alpha value is -0.500. The fourth-order valence-electron chi connectivity index (χ4n) is 5.74. The summed E-state index contributed by atoms with van der Waals surface area (Å²) >= 11 is 0. The van der Waals surface area contributed by atoms with Gasteiger partial charge in [0.15, 0.2) is 0 Å². The molecule has 2 nitrogen and oxygen atoms in total. The highest BCUT2D eigenvalue weighted by atomic mass is 16.3. The van der Waals surface area contributed by atoms with Crippen molar-refractivity contribution in [3.63, 3.8) is 0 Å². The minimum atomic E-state index is -0.0262. The Kier molecular flexibility index (Phi) is 2.36. The van der Waals surface area contributed by atoms with Gasteiger partial charge in [0.2, 0.25) is 0 Å². The number of hydrogen-bond donors (Lipinski definition) is 1. The predicted octanol–water partition coefficient (Wildman–Crippen LogP) is 2.78. The molecule has 0 aromatic carbocycles. The van der Waals surface area contributed by atoms with E-state index in [0.717, 1.165) is 12.3 Å². The van der Waals surface area contributed by atoms with Gasteiger partial charge < -0.3 is 10.0 Å². The van der Waals surface area contributed by atoms with Gasteiger partial charge in [-0.1, -0.05) is 13.0 Å². The zero-order valence-corrected chi connectivity index (χ0v) is 11.4. The molecule has 5 atom stereocenters. The van der Waals surface area contributed by atoms with E-state index in [9.17, 15) is 5.11 Å². The number of nitrogens with zero attached hydrogens (tertiary/aromatic N) is 1. The lowest BCUT2D eigenvalue weighted by molar-refractivity contribution is 0.0412. The summed E-state index contributed by atoms with van der Waals surface area (Å²) in [5.41, 5.74) is 2.03. The molecule has 1 N–H and O–H groups in total. The fourth-order valence-corrected chi connectivity index (χ4v) is 5.74. The van der Waals surface area contributed by atoms with Gasteiger partial charge >= 0.3 is 0 Å². The molecule has 2 heterocycles. The molecule has 18 heavy (non-hydrogen) atoms. The molecule has 0 aromatic heterocycles. The molecule has 1 spiro atoms. The average Bonchev–Trinajstić information content (AvgIpc) is 2.55. The molecular weight excluding hydrogens is 222 g/mol. The quantitative estimate of drug-likeness (QED) is 0.711. The van der Waals surface area contributed by atoms with E-state index in [-0.39, 0.29) is 6.10 Å². The van der Waals surface area contributed by atoms with Crippen LogP contribution < -0.4 is 0 Å². The molecule has 2 heteroatoms. The molecule has 100 valence electrons. The van der Waals surface area contributed by atoms with Crippen LogP contribution in [0.1, 0.15) is 45.4 Å². The lowest BCUT2D eigenvalue weighted by Crippen LogP contribution is -2.47. The van der Waals surface area contributed by atoms with Gasteiger partial charge in [-0.05, 0) is 56.3 Å². The molecule has 2 aliphatic carbocycles. The number of piperidine rings is 1. The number of aliphatic hydroxyl groups excluding tert-OH is 1. The van der Waals surface area contributed by atoms with Crippen molar-refractivity contribution in [1.82, 2.24) is 4.90 Å². The Morgan fingerprint density at radius 1 is 1.28 bits per heavy atom. The molecule has 3 fully saturated rings. The zero-order chi connectivity index (χ0) is 12.3. The summed E-state index contributed by atoms with van der Waals surface area (Å²) in [6, 6.07) is 0. The Bertz CT molecular complexity index is 391. The third kappa shape index (κ3) is 1.28. The second-order valence-corrected chi connectivity index (χ2v) is 7.14. The maximum atomic E-state index is 10.5. The first-order chi connectivity index (χ1) is 8.72. The van der Waals surface area contributed by atoms with E-state index >= 15 is 0 Å². The van der Waals surface area contributed by atoms with E-state index in [0.29, 0.717) is 17.3 Å². The summed E-state index contributed by atoms with van der Waals surface area (Å²) in [7, 11) is 0. The third-order valence-corrected chi connectivity index (χ3v) is 6.26. The second kappa shape index (κ2) is 3.75. The molecule has 1 saturated carbocycles. The molecule has 0 radical (unpaired) electrons. The van der Waals surface area contributed by atoms with Gasteiger partial charge in [-0.3, -0.25) is 0 Å². The number of aliphatic hydroxyl groups is 1. The van der Waals surface area contributed by atoms with Crippen LogP contribution >= 0.6 is 0 Å². The minimum Gasteiger partial charge on any atom is -0.393 e. The van der Waals surface area contributed by atoms with Crippen LogP contribution in [0.2, 0.25) is 0 Å². The normalized spacial score (nSPS) is 50.6. The summed E-state index contributed by atoms with van der Waals surface area (Å²) in [5, 5.41) is 10.5. The van der Waals surface area contributed by atoms with Gasteiger partial charge in [0.05, 0.1) is 6.10 Å². The summed E-state index contributed by atoms with van der Waals surface area (Å²) in [6.45, 7) is 4.85. The predicted molar refractivity (Wildman–Crippen MR) is 71.9 cm³/mol. The molecule has 0 aromatic rings. The average molecular weight is 247 g/mol. The molecule has 2 saturated heterocycles. The molecular formula is C16H25NO. The number of rotatable bonds is 0. The largest absolute Gasteiger partial charge is 0.393 e. The SMILES string of the molecule is CC1C=C2N3CCC[C@@H]4[C@@H](O)C[C@H](C1)C24CCC3. The van der Waals surface area contributed by atoms with Crippen LogP contribution in [0.5, 0.6) is 0 Å². The van der Waals surface area contributed by atoms with Gasteiger partial charge in [-0.25, -0.2) is 0 Å². The fraction of sp³-hybridized carbons (Fsp3) is 0.875. The van der Waals surface area contributed by atoms with Gasteiger partial charge in [-0.15, -0.1) is 0 Å². The van der Waals surface area contributed by atoms with Crippen LogP contribution in [0.25, 0.3) is 0 Å². The van der Waals surface area contributed by atoms with Crippen molar-refractivity contribution in [3.8, 4) is 0 Å². The van der Waals surface area contributed by atoms with E-state index in [2.05, 4.69) is 17.9 Å². The van der Waals surface area contributed by atoms with Crippen LogP contribution in [0.15, 0.2) is 11.8 Å². The number of hydrogen-bond acceptors (Lipinski definition) is 2. The third-order valence-electron chi connectivity index (χ3n) is 6.26. The molecule has 2 bridgehead atoms. The number of allylic oxidation sites excluding steroid dienone is 2. The van der Waals surface area contributed by atoms with Crippen LogP contribution in [0.3, 0.4) is 0 Å². The molecule has 4 aliphatic rings. The van der Waals surface area contributed by atoms with Crippen molar-refractivity contribution in [2.45, 2.75) is 51.6 Å². The minimum absolute atomic E-state index is 0.0262. The summed E-state index contributed by atoms with van der Waals surface area (Å²) < 4.78 is 0. The standard InChI is InChI=1S/C16H25NO/c1-11-8-12-10-14(18)13-4-2-6-17-7-3-5-16(12,13)15(17)9-11/h9,11-14,18H,2-8,10H2,1H3/t11?,12-,13+,14-,16?/m0/s1. The highest BCUT2D eigenvalue weighted by Crippen LogP contribution is 2.64. The van der Waals surface area contributed by atoms with Crippen molar-refractivity contribution >= 4 is 0 Å². The second-order valence-electron chi connectivity index (χ2n) is 7.14. The molecule has 2 unspecified atom stereocenters. The van der Waals surface area contributed by atoms with Gasteiger partial charge in [0.25, 0.3) is 0 Å². The highest BCUT2D eigenvalue weighted by Gasteiger charge is 2.60. The maximum absolute atomic E-state index is 10.5. The summed E-state index contributed by atoms with van der Waals surface area (Å²) in [6.07, 6.45) is 10.1. The smallest absolute Gasteiger partial charge is 0.0580 e. The van der Waals surface area contributed by atoms with Gasteiger partial charge in [0.1, 0.15) is 0 Å². The first-order valence-electron chi connectivity index (χ1n) is 7.87. The Morgan fingerprint density at radius 2 is 2.11 bits per heavy atom. The van der Waals surface area contributed by atoms with E-state index < -0.39 is 0 Å². The van der Waals surface area contributed by atoms with Crippen molar-refractivity contribution in [2.24, 2.45) is 23.2 Å². The van der Waals surface area contributed by atoms with Crippen LogP contribution in [0, 0.1) is 23.2 Å². The Balaban J connectivity index is 1.88. The van der Waals surface area contributed by atoms with Crippen molar-refractivity contribution in [2.75, 3.05) is 13.1 Å². The van der Waals surface area contributed by atoms with Crippen molar-refractivity contribution in [1.29, 1.82) is 0 Å². The summed E-state index contributed by atoms with van der Waals surface area (Å²) in [4.78, 5) is 2.67. The van der Waals surface area contributed by atoms with Crippen molar-refractivity contribution < 1.29 is 5.11 Å². The van der Waals surface area contributed by atoms with Crippen LogP contribution in [-0.4, -0.2) is 29.2 Å². The Morgan fingerprint density at radius 3 is 3.00 bits per heavy atom. The van der Waals surface area contributed by atoms with Gasteiger partial charge in [-0.2, -0.15) is 0 Å². The summed E-state index contributed by atoms with van der Waals surface area (Å²) in [5.74, 6) is 2.03. The van der Waals surface area contributed by atoms with E-state index in [1.807, 2.05) is 0 Å². The topological polar surface area (TPSA) is 23.5 Å². The van der Waals surface area contributed by atoms with E-state index in [1.54, 1.807) is 5.70 Å². The van der Waals surface area contributed by atoms with E-state index in [1.165, 1.54) is 45.2 Å². The molecule has 2 aliphatic heterocycles. The first-order valence-corrected chi connectivity index (χ1v) is 7.87. The van der Waals surface area contributed by atoms with Crippen LogP contribution in [-0.2, 0) is 0 Å². The van der Waals surface area contributed by atoms with Crippen molar-refractivity contribution in [3.05, 3.63) is 11.8 Å². The van der Waals surface area contributed by atoms with Gasteiger partial charge in [0, 0.05) is 24.2 Å². The maximum Gasteiger partial charge on any atom is 0.0580 e. The Labute approximate surface area is 110 Å². The molecule has 0 amide bonds. The first kappa shape index (κ1) is 11.3. The molecule has 4 rings (SSSR count). The highest BCUT2D eigenvalue weighted by molar-refractivity contribution is 5.28. The van der Waals surface area contributed by atoms with E-state index in [4.69, 9.17) is 0 Å². The lowest BCUT2D eigenvalue weighted by Gasteiger charge is -2.52. The zero-order valence-electron chi connectivity index (χ0n) is 11.4. The van der Waals surface area contributed by atoms with Crippen LogP contribution in [0.4, 0.5) is 0 Å².